The van der Waals surface area contributed by atoms with Gasteiger partial charge in [-0.05, 0) is 24.3 Å². The van der Waals surface area contributed by atoms with Crippen molar-refractivity contribution in [2.75, 3.05) is 0 Å². The fourth-order valence-corrected chi connectivity index (χ4v) is 2.13. The molecule has 1 aliphatic carbocycles. The summed E-state index contributed by atoms with van der Waals surface area (Å²) in [5, 5.41) is 0. The quantitative estimate of drug-likeness (QED) is 0.920. The first-order valence-corrected chi connectivity index (χ1v) is 7.10. The van der Waals surface area contributed by atoms with Gasteiger partial charge < -0.3 is 10.6 Å². The average Bonchev–Trinajstić information content (AvgIpc) is 3.19. The van der Waals surface area contributed by atoms with E-state index in [0.29, 0.717) is 12.1 Å². The van der Waals surface area contributed by atoms with Gasteiger partial charge in [-0.3, -0.25) is 4.79 Å². The Morgan fingerprint density at radius 3 is 2.50 bits per heavy atom. The second-order valence-corrected chi connectivity index (χ2v) is 6.63. The van der Waals surface area contributed by atoms with Crippen molar-refractivity contribution >= 4 is 5.91 Å². The van der Waals surface area contributed by atoms with E-state index >= 15 is 0 Å². The summed E-state index contributed by atoms with van der Waals surface area (Å²) in [4.78, 5) is 14.3. The van der Waals surface area contributed by atoms with E-state index in [9.17, 15) is 9.18 Å². The topological polar surface area (TPSA) is 46.3 Å². The van der Waals surface area contributed by atoms with E-state index in [1.165, 1.54) is 6.07 Å². The predicted molar refractivity (Wildman–Crippen MR) is 77.4 cm³/mol. The molecule has 1 atom stereocenters. The van der Waals surface area contributed by atoms with Gasteiger partial charge in [0.2, 0.25) is 5.91 Å². The summed E-state index contributed by atoms with van der Waals surface area (Å²) in [6.07, 6.45) is 1.97. The van der Waals surface area contributed by atoms with Gasteiger partial charge in [-0.2, -0.15) is 0 Å². The van der Waals surface area contributed by atoms with Gasteiger partial charge in [0, 0.05) is 18.2 Å². The number of carbonyl (C=O) groups excluding carboxylic acids is 1. The van der Waals surface area contributed by atoms with Gasteiger partial charge in [0.1, 0.15) is 5.82 Å². The number of benzene rings is 1. The van der Waals surface area contributed by atoms with Gasteiger partial charge in [-0.25, -0.2) is 4.39 Å². The summed E-state index contributed by atoms with van der Waals surface area (Å²) in [5.41, 5.74) is 6.33. The van der Waals surface area contributed by atoms with Crippen LogP contribution in [0.2, 0.25) is 0 Å². The molecule has 1 aliphatic rings. The van der Waals surface area contributed by atoms with Gasteiger partial charge in [-0.15, -0.1) is 0 Å². The van der Waals surface area contributed by atoms with Crippen LogP contribution in [0.4, 0.5) is 4.39 Å². The van der Waals surface area contributed by atoms with Crippen LogP contribution in [-0.2, 0) is 11.3 Å². The minimum Gasteiger partial charge on any atom is -0.334 e. The Labute approximate surface area is 120 Å². The second kappa shape index (κ2) is 5.52. The van der Waals surface area contributed by atoms with E-state index in [0.717, 1.165) is 12.8 Å². The summed E-state index contributed by atoms with van der Waals surface area (Å²) in [6, 6.07) is 6.25. The van der Waals surface area contributed by atoms with Crippen LogP contribution in [0.3, 0.4) is 0 Å². The Kier molecular flexibility index (Phi) is 4.14. The van der Waals surface area contributed by atoms with Crippen molar-refractivity contribution in [3.8, 4) is 0 Å². The SMILES string of the molecule is CC(C)(C)[C@@H](N)C(=O)N(Cc1ccccc1F)C1CC1. The molecule has 1 saturated carbocycles. The molecule has 0 bridgehead atoms. The highest BCUT2D eigenvalue weighted by Gasteiger charge is 2.38. The molecule has 2 rings (SSSR count). The third-order valence-corrected chi connectivity index (χ3v) is 3.77. The summed E-state index contributed by atoms with van der Waals surface area (Å²) >= 11 is 0. The third-order valence-electron chi connectivity index (χ3n) is 3.77. The zero-order valence-corrected chi connectivity index (χ0v) is 12.4. The van der Waals surface area contributed by atoms with E-state index in [1.54, 1.807) is 23.1 Å². The first kappa shape index (κ1) is 15.0. The minimum absolute atomic E-state index is 0.0803. The summed E-state index contributed by atoms with van der Waals surface area (Å²) in [6.45, 7) is 6.15. The van der Waals surface area contributed by atoms with Crippen molar-refractivity contribution in [2.45, 2.75) is 52.2 Å². The van der Waals surface area contributed by atoms with E-state index in [1.807, 2.05) is 20.8 Å². The smallest absolute Gasteiger partial charge is 0.240 e. The average molecular weight is 278 g/mol. The molecule has 0 aromatic heterocycles. The Balaban J connectivity index is 2.16. The number of hydrogen-bond acceptors (Lipinski definition) is 2. The van der Waals surface area contributed by atoms with Crippen LogP contribution in [-0.4, -0.2) is 22.9 Å². The standard InChI is InChI=1S/C16H23FN2O/c1-16(2,3)14(18)15(20)19(12-8-9-12)10-11-6-4-5-7-13(11)17/h4-7,12,14H,8-10,18H2,1-3H3/t14-/m0/s1. The van der Waals surface area contributed by atoms with Crippen LogP contribution < -0.4 is 5.73 Å². The molecule has 2 N–H and O–H groups in total. The van der Waals surface area contributed by atoms with E-state index in [-0.39, 0.29) is 23.2 Å². The number of halogens is 1. The lowest BCUT2D eigenvalue weighted by molar-refractivity contribution is -0.136. The molecule has 0 unspecified atom stereocenters. The number of carbonyl (C=O) groups is 1. The lowest BCUT2D eigenvalue weighted by Gasteiger charge is -2.32. The molecule has 20 heavy (non-hydrogen) atoms. The van der Waals surface area contributed by atoms with Crippen LogP contribution in [0.15, 0.2) is 24.3 Å². The largest absolute Gasteiger partial charge is 0.334 e. The Morgan fingerprint density at radius 1 is 1.40 bits per heavy atom. The van der Waals surface area contributed by atoms with Crippen molar-refractivity contribution in [2.24, 2.45) is 11.1 Å². The maximum atomic E-state index is 13.8. The minimum atomic E-state index is -0.560. The highest BCUT2D eigenvalue weighted by atomic mass is 19.1. The molecule has 0 spiro atoms. The van der Waals surface area contributed by atoms with Crippen molar-refractivity contribution < 1.29 is 9.18 Å². The summed E-state index contributed by atoms with van der Waals surface area (Å²) < 4.78 is 13.8. The molecule has 4 heteroatoms. The third kappa shape index (κ3) is 3.37. The van der Waals surface area contributed by atoms with Gasteiger partial charge >= 0.3 is 0 Å². The number of nitrogens with two attached hydrogens (primary N) is 1. The first-order valence-electron chi connectivity index (χ1n) is 7.10. The molecular formula is C16H23FN2O. The van der Waals surface area contributed by atoms with Gasteiger partial charge in [0.15, 0.2) is 0 Å². The first-order chi connectivity index (χ1) is 9.30. The molecule has 1 fully saturated rings. The fourth-order valence-electron chi connectivity index (χ4n) is 2.13. The molecule has 1 aromatic rings. The number of rotatable bonds is 4. The molecule has 3 nitrogen and oxygen atoms in total. The van der Waals surface area contributed by atoms with Crippen LogP contribution in [0.25, 0.3) is 0 Å². The Bertz CT molecular complexity index is 491. The zero-order chi connectivity index (χ0) is 14.9. The second-order valence-electron chi connectivity index (χ2n) is 6.63. The van der Waals surface area contributed by atoms with Crippen molar-refractivity contribution in [3.63, 3.8) is 0 Å². The number of amides is 1. The van der Waals surface area contributed by atoms with Crippen LogP contribution in [0.5, 0.6) is 0 Å². The van der Waals surface area contributed by atoms with E-state index in [2.05, 4.69) is 0 Å². The Hall–Kier alpha value is -1.42. The normalized spacial score (nSPS) is 16.9. The zero-order valence-electron chi connectivity index (χ0n) is 12.4. The number of hydrogen-bond donors (Lipinski definition) is 1. The van der Waals surface area contributed by atoms with Gasteiger partial charge in [0.25, 0.3) is 0 Å². The molecule has 1 amide bonds. The van der Waals surface area contributed by atoms with Gasteiger partial charge in [-0.1, -0.05) is 39.0 Å². The molecule has 110 valence electrons. The van der Waals surface area contributed by atoms with Crippen molar-refractivity contribution in [3.05, 3.63) is 35.6 Å². The van der Waals surface area contributed by atoms with Crippen molar-refractivity contribution in [1.29, 1.82) is 0 Å². The molecule has 0 radical (unpaired) electrons. The molecule has 0 heterocycles. The molecular weight excluding hydrogens is 255 g/mol. The lowest BCUT2D eigenvalue weighted by atomic mass is 9.86. The van der Waals surface area contributed by atoms with E-state index in [4.69, 9.17) is 5.73 Å². The highest BCUT2D eigenvalue weighted by molar-refractivity contribution is 5.83. The molecule has 0 saturated heterocycles. The monoisotopic (exact) mass is 278 g/mol. The maximum Gasteiger partial charge on any atom is 0.240 e. The number of nitrogens with zero attached hydrogens (tertiary/aromatic N) is 1. The Morgan fingerprint density at radius 2 is 2.00 bits per heavy atom. The highest BCUT2D eigenvalue weighted by Crippen LogP contribution is 2.31. The molecule has 1 aromatic carbocycles. The maximum absolute atomic E-state index is 13.8. The lowest BCUT2D eigenvalue weighted by Crippen LogP contribution is -2.50. The summed E-state index contributed by atoms with van der Waals surface area (Å²) in [7, 11) is 0. The molecule has 0 aliphatic heterocycles. The van der Waals surface area contributed by atoms with Crippen LogP contribution in [0.1, 0.15) is 39.2 Å². The van der Waals surface area contributed by atoms with Crippen molar-refractivity contribution in [1.82, 2.24) is 4.90 Å². The van der Waals surface area contributed by atoms with Crippen LogP contribution in [0, 0.1) is 11.2 Å². The van der Waals surface area contributed by atoms with Crippen LogP contribution >= 0.6 is 0 Å². The fraction of sp³-hybridized carbons (Fsp3) is 0.562. The predicted octanol–water partition coefficient (Wildman–Crippen LogP) is 2.69. The summed E-state index contributed by atoms with van der Waals surface area (Å²) in [5.74, 6) is -0.349. The van der Waals surface area contributed by atoms with E-state index < -0.39 is 6.04 Å². The van der Waals surface area contributed by atoms with Gasteiger partial charge in [0.05, 0.1) is 6.04 Å².